The summed E-state index contributed by atoms with van der Waals surface area (Å²) in [6.45, 7) is 7.51. The summed E-state index contributed by atoms with van der Waals surface area (Å²) < 4.78 is 11.3. The molecule has 3 aromatic rings. The van der Waals surface area contributed by atoms with E-state index in [2.05, 4.69) is 15.9 Å². The Bertz CT molecular complexity index is 1350. The van der Waals surface area contributed by atoms with Crippen LogP contribution in [0.4, 0.5) is 11.4 Å². The van der Waals surface area contributed by atoms with Crippen LogP contribution >= 0.6 is 0 Å². The van der Waals surface area contributed by atoms with Crippen LogP contribution in [0.1, 0.15) is 52.6 Å². The molecular formula is C26H35N8O8-. The van der Waals surface area contributed by atoms with E-state index in [9.17, 15) is 20.0 Å². The van der Waals surface area contributed by atoms with Crippen molar-refractivity contribution in [3.05, 3.63) is 64.8 Å². The fraction of sp³-hybridized carbons (Fsp3) is 0.423. The second-order valence-electron chi connectivity index (χ2n) is 9.22. The third-order valence-electron chi connectivity index (χ3n) is 5.72. The van der Waals surface area contributed by atoms with Crippen molar-refractivity contribution in [2.75, 3.05) is 30.1 Å². The normalized spacial score (nSPS) is 11.7. The van der Waals surface area contributed by atoms with Crippen molar-refractivity contribution in [3.8, 4) is 0 Å². The maximum atomic E-state index is 13.4. The van der Waals surface area contributed by atoms with Crippen molar-refractivity contribution in [3.63, 3.8) is 0 Å². The summed E-state index contributed by atoms with van der Waals surface area (Å²) in [6.07, 6.45) is 2.22. The molecule has 0 aliphatic carbocycles. The molecule has 1 aromatic heterocycles. The minimum absolute atomic E-state index is 0.00561. The molecule has 0 radical (unpaired) electrons. The standard InChI is InChI=1S/C26H35N8O8/c1-6-12-31(33(37)28-41-17-39-20(4)35)23-13-24-26(27-16-30(24)19(2)3)25(14-23)32(15-22-10-8-7-9-11-22)34(38)29-42-18-40-21(5)36/h7-11,13-14,16,19,28H,6,12,15,17-18H2,1-5H3/q-1. The molecule has 42 heavy (non-hydrogen) atoms. The highest BCUT2D eigenvalue weighted by molar-refractivity contribution is 5.92. The number of hydrazine groups is 3. The second kappa shape index (κ2) is 15.5. The molecule has 0 saturated heterocycles. The van der Waals surface area contributed by atoms with Crippen molar-refractivity contribution in [1.29, 1.82) is 0 Å². The molecule has 16 nitrogen and oxygen atoms in total. The molecule has 1 N–H and O–H groups in total. The van der Waals surface area contributed by atoms with Gasteiger partial charge in [-0.2, -0.15) is 0 Å². The first-order valence-corrected chi connectivity index (χ1v) is 13.1. The summed E-state index contributed by atoms with van der Waals surface area (Å²) >= 11 is 0. The molecule has 0 amide bonds. The third-order valence-corrected chi connectivity index (χ3v) is 5.72. The minimum Gasteiger partial charge on any atom is -0.752 e. The molecule has 0 fully saturated rings. The fourth-order valence-corrected chi connectivity index (χ4v) is 3.86. The van der Waals surface area contributed by atoms with Gasteiger partial charge in [-0.25, -0.2) is 15.1 Å². The average Bonchev–Trinajstić information content (AvgIpc) is 3.39. The van der Waals surface area contributed by atoms with Gasteiger partial charge in [-0.05, 0) is 38.0 Å². The van der Waals surface area contributed by atoms with Crippen LogP contribution in [0, 0.1) is 10.4 Å². The molecule has 0 aliphatic rings. The SMILES string of the molecule is CCCN(c1cc(N(Cc2ccccc2)[N+]([O-])=NOCOC(C)=O)c2ncn(C(C)C)c2c1)N([O-])NOCOC(C)=O. The predicted octanol–water partition coefficient (Wildman–Crippen LogP) is 3.84. The molecule has 1 heterocycles. The maximum absolute atomic E-state index is 13.4. The van der Waals surface area contributed by atoms with Crippen molar-refractivity contribution < 1.29 is 33.7 Å². The zero-order chi connectivity index (χ0) is 30.6. The summed E-state index contributed by atoms with van der Waals surface area (Å²) in [5.74, 6) is -1.17. The molecule has 0 saturated carbocycles. The molecule has 16 heteroatoms. The van der Waals surface area contributed by atoms with Gasteiger partial charge < -0.3 is 34.3 Å². The Morgan fingerprint density at radius 2 is 1.81 bits per heavy atom. The second-order valence-corrected chi connectivity index (χ2v) is 9.22. The Morgan fingerprint density at radius 1 is 1.12 bits per heavy atom. The molecule has 0 atom stereocenters. The number of benzene rings is 2. The number of aromatic nitrogens is 2. The van der Waals surface area contributed by atoms with Gasteiger partial charge in [0.25, 0.3) is 6.79 Å². The highest BCUT2D eigenvalue weighted by Crippen LogP contribution is 2.34. The zero-order valence-corrected chi connectivity index (χ0v) is 24.1. The van der Waals surface area contributed by atoms with Crippen LogP contribution in [0.25, 0.3) is 11.0 Å². The molecule has 0 unspecified atom stereocenters. The average molecular weight is 588 g/mol. The van der Waals surface area contributed by atoms with Gasteiger partial charge in [0.05, 0.1) is 22.5 Å². The number of fused-ring (bicyclic) bond motifs is 1. The van der Waals surface area contributed by atoms with Crippen LogP contribution in [0.2, 0.25) is 0 Å². The smallest absolute Gasteiger partial charge is 0.305 e. The topological polar surface area (TPSA) is 172 Å². The lowest BCUT2D eigenvalue weighted by Gasteiger charge is -2.40. The number of carbonyl (C=O) groups excluding carboxylic acids is 2. The van der Waals surface area contributed by atoms with Crippen molar-refractivity contribution in [2.45, 2.75) is 53.6 Å². The molecule has 2 aromatic carbocycles. The minimum atomic E-state index is -0.596. The summed E-state index contributed by atoms with van der Waals surface area (Å²) in [5, 5.41) is 33.0. The van der Waals surface area contributed by atoms with Crippen molar-refractivity contribution in [2.24, 2.45) is 5.28 Å². The van der Waals surface area contributed by atoms with E-state index in [1.165, 1.54) is 23.9 Å². The number of hydrogen-bond acceptors (Lipinski definition) is 13. The zero-order valence-electron chi connectivity index (χ0n) is 24.1. The lowest BCUT2D eigenvalue weighted by atomic mass is 10.1. The predicted molar refractivity (Wildman–Crippen MR) is 150 cm³/mol. The Morgan fingerprint density at radius 3 is 2.45 bits per heavy atom. The molecule has 3 rings (SSSR count). The largest absolute Gasteiger partial charge is 0.752 e. The quantitative estimate of drug-likeness (QED) is 0.0640. The Hall–Kier alpha value is -4.51. The van der Waals surface area contributed by atoms with E-state index < -0.39 is 25.5 Å². The van der Waals surface area contributed by atoms with Gasteiger partial charge in [0.15, 0.2) is 0 Å². The fourth-order valence-electron chi connectivity index (χ4n) is 3.86. The lowest BCUT2D eigenvalue weighted by molar-refractivity contribution is -0.574. The van der Waals surface area contributed by atoms with E-state index in [1.54, 1.807) is 18.5 Å². The van der Waals surface area contributed by atoms with Crippen molar-refractivity contribution in [1.82, 2.24) is 20.4 Å². The highest BCUT2D eigenvalue weighted by Gasteiger charge is 2.25. The van der Waals surface area contributed by atoms with E-state index >= 15 is 0 Å². The van der Waals surface area contributed by atoms with Gasteiger partial charge >= 0.3 is 11.9 Å². The number of hydrogen-bond donors (Lipinski definition) is 1. The first-order chi connectivity index (χ1) is 20.1. The summed E-state index contributed by atoms with van der Waals surface area (Å²) in [7, 11) is 0. The number of ether oxygens (including phenoxy) is 2. The van der Waals surface area contributed by atoms with Gasteiger partial charge in [0, 0.05) is 26.4 Å². The number of nitrogens with zero attached hydrogens (tertiary/aromatic N) is 7. The summed E-state index contributed by atoms with van der Waals surface area (Å²) in [5.41, 5.74) is 4.78. The molecular weight excluding hydrogens is 552 g/mol. The van der Waals surface area contributed by atoms with E-state index in [4.69, 9.17) is 19.1 Å². The van der Waals surface area contributed by atoms with Gasteiger partial charge in [0.1, 0.15) is 17.7 Å². The maximum Gasteiger partial charge on any atom is 0.305 e. The van der Waals surface area contributed by atoms with Crippen LogP contribution in [-0.4, -0.2) is 51.9 Å². The van der Waals surface area contributed by atoms with E-state index in [1.807, 2.05) is 55.7 Å². The number of nitrogens with one attached hydrogen (secondary N) is 1. The Labute approximate surface area is 242 Å². The monoisotopic (exact) mass is 587 g/mol. The number of anilines is 2. The van der Waals surface area contributed by atoms with Gasteiger partial charge in [0.2, 0.25) is 12.1 Å². The van der Waals surface area contributed by atoms with Gasteiger partial charge in [-0.15, -0.1) is 10.6 Å². The number of rotatable bonds is 16. The number of imidazole rings is 1. The lowest BCUT2D eigenvalue weighted by Crippen LogP contribution is -2.48. The molecule has 228 valence electrons. The Kier molecular flexibility index (Phi) is 11.8. The first kappa shape index (κ1) is 32.0. The van der Waals surface area contributed by atoms with Crippen LogP contribution in [-0.2, 0) is 35.3 Å². The molecule has 0 spiro atoms. The van der Waals surface area contributed by atoms with E-state index in [0.717, 1.165) is 5.56 Å². The molecule has 0 bridgehead atoms. The first-order valence-electron chi connectivity index (χ1n) is 13.1. The van der Waals surface area contributed by atoms with Crippen molar-refractivity contribution >= 4 is 34.3 Å². The van der Waals surface area contributed by atoms with Crippen LogP contribution in [0.15, 0.2) is 54.1 Å². The third kappa shape index (κ3) is 8.74. The highest BCUT2D eigenvalue weighted by atomic mass is 16.8. The number of esters is 2. The Balaban J connectivity index is 2.11. The van der Waals surface area contributed by atoms with Crippen LogP contribution < -0.4 is 15.6 Å². The van der Waals surface area contributed by atoms with Crippen LogP contribution in [0.3, 0.4) is 0 Å². The number of carbonyl (C=O) groups is 2. The van der Waals surface area contributed by atoms with Gasteiger partial charge in [-0.1, -0.05) is 37.3 Å². The van der Waals surface area contributed by atoms with E-state index in [0.29, 0.717) is 34.1 Å². The molecule has 0 aliphatic heterocycles. The van der Waals surface area contributed by atoms with Gasteiger partial charge in [-0.3, -0.25) is 9.59 Å². The van der Waals surface area contributed by atoms with E-state index in [-0.39, 0.29) is 24.1 Å². The summed E-state index contributed by atoms with van der Waals surface area (Å²) in [4.78, 5) is 36.8. The van der Waals surface area contributed by atoms with Crippen LogP contribution in [0.5, 0.6) is 0 Å². The summed E-state index contributed by atoms with van der Waals surface area (Å²) in [6, 6.07) is 12.6.